The summed E-state index contributed by atoms with van der Waals surface area (Å²) in [7, 11) is 0. The number of fused-ring (bicyclic) bond motifs is 2. The number of hydrogen-bond donors (Lipinski definition) is 2. The maximum absolute atomic E-state index is 13.6. The fourth-order valence-corrected chi connectivity index (χ4v) is 5.16. The molecule has 6 nitrogen and oxygen atoms in total. The lowest BCUT2D eigenvalue weighted by atomic mass is 9.82. The number of nitrogens with one attached hydrogen (secondary N) is 1. The van der Waals surface area contributed by atoms with E-state index >= 15 is 0 Å². The number of rotatable bonds is 6. The van der Waals surface area contributed by atoms with Crippen LogP contribution in [0.25, 0.3) is 21.8 Å². The van der Waals surface area contributed by atoms with Gasteiger partial charge >= 0.3 is 12.1 Å². The second-order valence-electron chi connectivity index (χ2n) is 9.71. The van der Waals surface area contributed by atoms with Crippen LogP contribution < -0.4 is 5.32 Å². The lowest BCUT2D eigenvalue weighted by molar-refractivity contribution is -0.143. The quantitative estimate of drug-likeness (QED) is 0.340. The van der Waals surface area contributed by atoms with Gasteiger partial charge in [-0.2, -0.15) is 13.2 Å². The number of alkyl halides is 3. The van der Waals surface area contributed by atoms with Crippen molar-refractivity contribution in [3.05, 3.63) is 77.6 Å². The minimum atomic E-state index is -4.59. The van der Waals surface area contributed by atoms with E-state index in [9.17, 15) is 27.9 Å². The zero-order chi connectivity index (χ0) is 26.2. The third kappa shape index (κ3) is 5.30. The lowest BCUT2D eigenvalue weighted by Gasteiger charge is -2.26. The zero-order valence-electron chi connectivity index (χ0n) is 20.0. The average molecular weight is 510 g/mol. The zero-order valence-corrected chi connectivity index (χ0v) is 20.0. The Labute approximate surface area is 211 Å². The van der Waals surface area contributed by atoms with E-state index in [-0.39, 0.29) is 23.9 Å². The van der Waals surface area contributed by atoms with Crippen LogP contribution in [-0.4, -0.2) is 33.1 Å². The lowest BCUT2D eigenvalue weighted by Crippen LogP contribution is -2.32. The minimum Gasteiger partial charge on any atom is -0.481 e. The predicted molar refractivity (Wildman–Crippen MR) is 133 cm³/mol. The van der Waals surface area contributed by atoms with Crippen molar-refractivity contribution in [2.45, 2.75) is 38.4 Å². The highest BCUT2D eigenvalue weighted by Gasteiger charge is 2.33. The van der Waals surface area contributed by atoms with Crippen molar-refractivity contribution >= 4 is 33.7 Å². The number of pyridine rings is 1. The Kier molecular flexibility index (Phi) is 6.62. The summed E-state index contributed by atoms with van der Waals surface area (Å²) in [6.45, 7) is 0.629. The summed E-state index contributed by atoms with van der Waals surface area (Å²) in [6, 6.07) is 13.2. The number of halogens is 3. The third-order valence-electron chi connectivity index (χ3n) is 7.18. The predicted octanol–water partition coefficient (Wildman–Crippen LogP) is 5.88. The van der Waals surface area contributed by atoms with Crippen molar-refractivity contribution in [3.63, 3.8) is 0 Å². The van der Waals surface area contributed by atoms with Crippen LogP contribution in [0.1, 0.15) is 47.2 Å². The molecule has 2 aromatic carbocycles. The van der Waals surface area contributed by atoms with Gasteiger partial charge in [0.25, 0.3) is 5.91 Å². The number of carbonyl (C=O) groups is 2. The molecule has 9 heteroatoms. The largest absolute Gasteiger partial charge is 0.481 e. The SMILES string of the molecule is O=C(NCC1CCC(C(=O)O)CC1)c1cc(C(F)(F)F)cc2ccn(Cc3cnc4ccccc4c3)c12. The number of amides is 1. The van der Waals surface area contributed by atoms with Gasteiger partial charge in [-0.1, -0.05) is 18.2 Å². The number of carboxylic acids is 1. The molecule has 1 saturated carbocycles. The van der Waals surface area contributed by atoms with Crippen LogP contribution >= 0.6 is 0 Å². The molecule has 0 aliphatic heterocycles. The summed E-state index contributed by atoms with van der Waals surface area (Å²) in [5.74, 6) is -1.66. The highest BCUT2D eigenvalue weighted by molar-refractivity contribution is 6.06. The van der Waals surface area contributed by atoms with Gasteiger partial charge in [0.05, 0.1) is 28.1 Å². The van der Waals surface area contributed by atoms with Gasteiger partial charge in [0.1, 0.15) is 0 Å². The summed E-state index contributed by atoms with van der Waals surface area (Å²) in [6.07, 6.45) is 1.19. The molecule has 0 spiro atoms. The van der Waals surface area contributed by atoms with Gasteiger partial charge in [0.2, 0.25) is 0 Å². The number of para-hydroxylation sites is 1. The van der Waals surface area contributed by atoms with E-state index in [4.69, 9.17) is 0 Å². The number of nitrogens with zero attached hydrogens (tertiary/aromatic N) is 2. The van der Waals surface area contributed by atoms with E-state index in [1.165, 1.54) is 0 Å². The summed E-state index contributed by atoms with van der Waals surface area (Å²) in [5, 5.41) is 13.3. The molecule has 1 aliphatic rings. The van der Waals surface area contributed by atoms with Crippen LogP contribution in [0.2, 0.25) is 0 Å². The molecule has 0 unspecified atom stereocenters. The average Bonchev–Trinajstić information content (AvgIpc) is 3.29. The molecule has 0 saturated heterocycles. The Bertz CT molecular complexity index is 1470. The second kappa shape index (κ2) is 9.88. The highest BCUT2D eigenvalue weighted by Crippen LogP contribution is 2.34. The Balaban J connectivity index is 1.43. The summed E-state index contributed by atoms with van der Waals surface area (Å²) in [4.78, 5) is 28.9. The molecule has 1 aliphatic carbocycles. The smallest absolute Gasteiger partial charge is 0.416 e. The van der Waals surface area contributed by atoms with Crippen molar-refractivity contribution in [1.82, 2.24) is 14.9 Å². The van der Waals surface area contributed by atoms with Gasteiger partial charge in [-0.05, 0) is 67.5 Å². The van der Waals surface area contributed by atoms with Crippen LogP contribution in [0.4, 0.5) is 13.2 Å². The van der Waals surface area contributed by atoms with Crippen LogP contribution in [0.5, 0.6) is 0 Å². The first kappa shape index (κ1) is 24.8. The minimum absolute atomic E-state index is 0.0391. The Morgan fingerprint density at radius 2 is 1.78 bits per heavy atom. The van der Waals surface area contributed by atoms with Gasteiger partial charge in [-0.25, -0.2) is 0 Å². The maximum Gasteiger partial charge on any atom is 0.416 e. The number of aromatic nitrogens is 2. The molecular weight excluding hydrogens is 483 g/mol. The van der Waals surface area contributed by atoms with E-state index < -0.39 is 23.6 Å². The van der Waals surface area contributed by atoms with Gasteiger partial charge in [-0.15, -0.1) is 0 Å². The van der Waals surface area contributed by atoms with Gasteiger partial charge in [0, 0.05) is 36.3 Å². The van der Waals surface area contributed by atoms with Crippen molar-refractivity contribution in [2.75, 3.05) is 6.54 Å². The first-order valence-corrected chi connectivity index (χ1v) is 12.2. The van der Waals surface area contributed by atoms with Crippen LogP contribution in [-0.2, 0) is 17.5 Å². The number of carboxylic acid groups (broad SMARTS) is 1. The highest BCUT2D eigenvalue weighted by atomic mass is 19.4. The normalized spacial score (nSPS) is 18.2. The molecule has 5 rings (SSSR count). The van der Waals surface area contributed by atoms with Crippen LogP contribution in [0, 0.1) is 11.8 Å². The number of aliphatic carboxylic acids is 1. The number of carbonyl (C=O) groups excluding carboxylic acids is 1. The molecule has 0 radical (unpaired) electrons. The molecule has 192 valence electrons. The molecule has 4 aromatic rings. The Morgan fingerprint density at radius 1 is 1.03 bits per heavy atom. The fraction of sp³-hybridized carbons (Fsp3) is 0.321. The first-order valence-electron chi connectivity index (χ1n) is 12.2. The van der Waals surface area contributed by atoms with Crippen LogP contribution in [0.3, 0.4) is 0 Å². The monoisotopic (exact) mass is 509 g/mol. The van der Waals surface area contributed by atoms with Crippen molar-refractivity contribution in [2.24, 2.45) is 11.8 Å². The summed E-state index contributed by atoms with van der Waals surface area (Å²) in [5.41, 5.74) is 1.21. The molecular formula is C28H26F3N3O3. The fourth-order valence-electron chi connectivity index (χ4n) is 5.16. The van der Waals surface area contributed by atoms with E-state index in [1.54, 1.807) is 23.0 Å². The number of benzene rings is 2. The summed E-state index contributed by atoms with van der Waals surface area (Å²) < 4.78 is 42.7. The van der Waals surface area contributed by atoms with Gasteiger partial charge in [-0.3, -0.25) is 14.6 Å². The summed E-state index contributed by atoms with van der Waals surface area (Å²) >= 11 is 0. The Morgan fingerprint density at radius 3 is 2.51 bits per heavy atom. The first-order chi connectivity index (χ1) is 17.7. The molecule has 0 atom stereocenters. The molecule has 2 N–H and O–H groups in total. The van der Waals surface area contributed by atoms with E-state index in [0.29, 0.717) is 43.1 Å². The molecule has 2 aromatic heterocycles. The molecule has 0 bridgehead atoms. The topological polar surface area (TPSA) is 84.2 Å². The molecule has 1 fully saturated rings. The molecule has 2 heterocycles. The van der Waals surface area contributed by atoms with Crippen LogP contribution in [0.15, 0.2) is 60.9 Å². The standard InChI is InChI=1S/C28H26F3N3O3/c29-28(30,31)22-12-21-9-10-34(16-18-11-20-3-1-2-4-24(20)32-15-18)25(21)23(13-22)26(35)33-14-17-5-7-19(8-6-17)27(36)37/h1-4,9-13,15,17,19H,5-8,14,16H2,(H,33,35)(H,36,37). The van der Waals surface area contributed by atoms with E-state index in [2.05, 4.69) is 10.3 Å². The second-order valence-corrected chi connectivity index (χ2v) is 9.71. The molecule has 1 amide bonds. The van der Waals surface area contributed by atoms with E-state index in [0.717, 1.165) is 28.6 Å². The van der Waals surface area contributed by atoms with Gasteiger partial charge in [0.15, 0.2) is 0 Å². The van der Waals surface area contributed by atoms with Crippen molar-refractivity contribution in [3.8, 4) is 0 Å². The van der Waals surface area contributed by atoms with Crippen molar-refractivity contribution in [1.29, 1.82) is 0 Å². The third-order valence-corrected chi connectivity index (χ3v) is 7.18. The van der Waals surface area contributed by atoms with E-state index in [1.807, 2.05) is 30.3 Å². The Hall–Kier alpha value is -3.88. The molecule has 37 heavy (non-hydrogen) atoms. The van der Waals surface area contributed by atoms with Crippen molar-refractivity contribution < 1.29 is 27.9 Å². The van der Waals surface area contributed by atoms with Gasteiger partial charge < -0.3 is 15.0 Å². The number of hydrogen-bond acceptors (Lipinski definition) is 3. The maximum atomic E-state index is 13.6.